The van der Waals surface area contributed by atoms with Crippen molar-refractivity contribution < 1.29 is 18.6 Å². The lowest BCUT2D eigenvalue weighted by Crippen LogP contribution is -2.47. The fourth-order valence-electron chi connectivity index (χ4n) is 3.73. The molecule has 2 aromatic heterocycles. The van der Waals surface area contributed by atoms with E-state index in [2.05, 4.69) is 15.2 Å². The lowest BCUT2D eigenvalue weighted by atomic mass is 10.1. The standard InChI is InChI=1S/C21H27N5O4S2/c1-32(29,30)26-8-6-25(7-9-26)13-17-12-18-19(31-17)21(22-5-10-27)24-20(23-18)16-4-2-3-15(11-16)14-28/h2-4,11-12,27-28H,5-10,13-14H2,1H3,(H,22,23,24). The number of aromatic nitrogens is 2. The number of hydrogen-bond acceptors (Lipinski definition) is 9. The third kappa shape index (κ3) is 5.25. The van der Waals surface area contributed by atoms with Gasteiger partial charge in [0.25, 0.3) is 0 Å². The van der Waals surface area contributed by atoms with Gasteiger partial charge in [0.2, 0.25) is 10.0 Å². The number of benzene rings is 1. The summed E-state index contributed by atoms with van der Waals surface area (Å²) in [4.78, 5) is 12.8. The maximum absolute atomic E-state index is 11.7. The van der Waals surface area contributed by atoms with Crippen molar-refractivity contribution in [2.45, 2.75) is 13.2 Å². The van der Waals surface area contributed by atoms with Crippen molar-refractivity contribution in [2.75, 3.05) is 50.9 Å². The molecule has 1 aliphatic rings. The summed E-state index contributed by atoms with van der Waals surface area (Å²) in [5.41, 5.74) is 2.42. The van der Waals surface area contributed by atoms with E-state index in [1.54, 1.807) is 11.3 Å². The maximum Gasteiger partial charge on any atom is 0.211 e. The van der Waals surface area contributed by atoms with E-state index in [0.29, 0.717) is 50.9 Å². The van der Waals surface area contributed by atoms with Crippen molar-refractivity contribution >= 4 is 37.4 Å². The van der Waals surface area contributed by atoms with Gasteiger partial charge in [0, 0.05) is 49.7 Å². The van der Waals surface area contributed by atoms with Crippen molar-refractivity contribution in [3.63, 3.8) is 0 Å². The molecular weight excluding hydrogens is 450 g/mol. The van der Waals surface area contributed by atoms with Gasteiger partial charge < -0.3 is 15.5 Å². The third-order valence-corrected chi connectivity index (χ3v) is 7.79. The number of thiophene rings is 1. The molecule has 0 atom stereocenters. The summed E-state index contributed by atoms with van der Waals surface area (Å²) in [6.45, 7) is 3.39. The Kier molecular flexibility index (Phi) is 7.03. The molecule has 11 heteroatoms. The third-order valence-electron chi connectivity index (χ3n) is 5.37. The molecular formula is C21H27N5O4S2. The van der Waals surface area contributed by atoms with Crippen molar-refractivity contribution in [1.29, 1.82) is 0 Å². The van der Waals surface area contributed by atoms with Crippen molar-refractivity contribution in [3.8, 4) is 11.4 Å². The predicted molar refractivity (Wildman–Crippen MR) is 126 cm³/mol. The van der Waals surface area contributed by atoms with E-state index in [1.165, 1.54) is 10.6 Å². The van der Waals surface area contributed by atoms with Crippen LogP contribution in [0.25, 0.3) is 21.6 Å². The maximum atomic E-state index is 11.7. The van der Waals surface area contributed by atoms with E-state index >= 15 is 0 Å². The summed E-state index contributed by atoms with van der Waals surface area (Å²) >= 11 is 1.60. The summed E-state index contributed by atoms with van der Waals surface area (Å²) in [6.07, 6.45) is 1.25. The summed E-state index contributed by atoms with van der Waals surface area (Å²) in [5, 5.41) is 21.9. The summed E-state index contributed by atoms with van der Waals surface area (Å²) < 4.78 is 25.9. The molecule has 1 saturated heterocycles. The minimum Gasteiger partial charge on any atom is -0.395 e. The van der Waals surface area contributed by atoms with Crippen molar-refractivity contribution in [2.24, 2.45) is 0 Å². The average Bonchev–Trinajstić information content (AvgIpc) is 3.19. The number of rotatable bonds is 8. The fraction of sp³-hybridized carbons (Fsp3) is 0.429. The first-order chi connectivity index (χ1) is 15.4. The van der Waals surface area contributed by atoms with Gasteiger partial charge in [-0.25, -0.2) is 18.4 Å². The Morgan fingerprint density at radius 3 is 2.59 bits per heavy atom. The van der Waals surface area contributed by atoms with Crippen LogP contribution in [0.3, 0.4) is 0 Å². The van der Waals surface area contributed by atoms with Gasteiger partial charge in [-0.3, -0.25) is 4.90 Å². The van der Waals surface area contributed by atoms with Crippen LogP contribution in [0.5, 0.6) is 0 Å². The number of sulfonamides is 1. The number of aliphatic hydroxyl groups is 2. The van der Waals surface area contributed by atoms with Gasteiger partial charge in [-0.15, -0.1) is 11.3 Å². The number of hydrogen-bond donors (Lipinski definition) is 3. The number of fused-ring (bicyclic) bond motifs is 1. The van der Waals surface area contributed by atoms with Crippen LogP contribution in [0, 0.1) is 0 Å². The monoisotopic (exact) mass is 477 g/mol. The summed E-state index contributed by atoms with van der Waals surface area (Å²) in [6, 6.07) is 9.54. The largest absolute Gasteiger partial charge is 0.395 e. The highest BCUT2D eigenvalue weighted by Gasteiger charge is 2.24. The van der Waals surface area contributed by atoms with E-state index in [0.717, 1.165) is 26.2 Å². The zero-order valence-electron chi connectivity index (χ0n) is 17.9. The molecule has 0 unspecified atom stereocenters. The Bertz CT molecular complexity index is 1190. The lowest BCUT2D eigenvalue weighted by molar-refractivity contribution is 0.183. The van der Waals surface area contributed by atoms with Crippen LogP contribution in [0.15, 0.2) is 30.3 Å². The van der Waals surface area contributed by atoms with Crippen LogP contribution in [-0.2, 0) is 23.2 Å². The van der Waals surface area contributed by atoms with Crippen molar-refractivity contribution in [3.05, 3.63) is 40.8 Å². The van der Waals surface area contributed by atoms with Crippen LogP contribution in [0.4, 0.5) is 5.82 Å². The van der Waals surface area contributed by atoms with Crippen LogP contribution < -0.4 is 5.32 Å². The molecule has 4 rings (SSSR count). The second-order valence-corrected chi connectivity index (χ2v) is 10.9. The Hall–Kier alpha value is -2.15. The molecule has 32 heavy (non-hydrogen) atoms. The molecule has 0 aliphatic carbocycles. The van der Waals surface area contributed by atoms with Gasteiger partial charge in [0.05, 0.1) is 29.7 Å². The van der Waals surface area contributed by atoms with E-state index in [-0.39, 0.29) is 13.2 Å². The number of nitrogens with zero attached hydrogens (tertiary/aromatic N) is 4. The first kappa shape index (κ1) is 23.0. The number of aliphatic hydroxyl groups excluding tert-OH is 2. The summed E-state index contributed by atoms with van der Waals surface area (Å²) in [7, 11) is -3.15. The highest BCUT2D eigenvalue weighted by atomic mass is 32.2. The van der Waals surface area contributed by atoms with E-state index < -0.39 is 10.0 Å². The van der Waals surface area contributed by atoms with E-state index in [9.17, 15) is 18.6 Å². The van der Waals surface area contributed by atoms with Crippen LogP contribution in [0.1, 0.15) is 10.4 Å². The lowest BCUT2D eigenvalue weighted by Gasteiger charge is -2.32. The highest BCUT2D eigenvalue weighted by molar-refractivity contribution is 7.88. The van der Waals surface area contributed by atoms with Crippen LogP contribution in [-0.4, -0.2) is 83.4 Å². The molecule has 0 amide bonds. The van der Waals surface area contributed by atoms with Crippen molar-refractivity contribution in [1.82, 2.24) is 19.2 Å². The minimum absolute atomic E-state index is 0.0102. The van der Waals surface area contributed by atoms with Gasteiger partial charge in [-0.05, 0) is 17.7 Å². The molecule has 1 aliphatic heterocycles. The number of anilines is 1. The van der Waals surface area contributed by atoms with E-state index in [1.807, 2.05) is 30.3 Å². The molecule has 3 aromatic rings. The molecule has 0 saturated carbocycles. The smallest absolute Gasteiger partial charge is 0.211 e. The van der Waals surface area contributed by atoms with Gasteiger partial charge in [-0.1, -0.05) is 18.2 Å². The quantitative estimate of drug-likeness (QED) is 0.445. The Labute approximate surface area is 191 Å². The van der Waals surface area contributed by atoms with Crippen LogP contribution >= 0.6 is 11.3 Å². The molecule has 0 spiro atoms. The highest BCUT2D eigenvalue weighted by Crippen LogP contribution is 2.33. The first-order valence-corrected chi connectivity index (χ1v) is 13.1. The first-order valence-electron chi connectivity index (χ1n) is 10.4. The molecule has 0 radical (unpaired) electrons. The van der Waals surface area contributed by atoms with Crippen LogP contribution in [0.2, 0.25) is 0 Å². The Balaban J connectivity index is 1.60. The van der Waals surface area contributed by atoms with E-state index in [4.69, 9.17) is 4.98 Å². The molecule has 172 valence electrons. The van der Waals surface area contributed by atoms with Gasteiger partial charge in [-0.2, -0.15) is 4.31 Å². The fourth-order valence-corrected chi connectivity index (χ4v) is 5.66. The SMILES string of the molecule is CS(=O)(=O)N1CCN(Cc2cc3nc(-c4cccc(CO)c4)nc(NCCO)c3s2)CC1. The Morgan fingerprint density at radius 1 is 1.12 bits per heavy atom. The minimum atomic E-state index is -3.15. The van der Waals surface area contributed by atoms with Gasteiger partial charge >= 0.3 is 0 Å². The second-order valence-electron chi connectivity index (χ2n) is 7.77. The Morgan fingerprint density at radius 2 is 1.91 bits per heavy atom. The normalized spacial score (nSPS) is 16.0. The zero-order chi connectivity index (χ0) is 22.7. The molecule has 3 heterocycles. The second kappa shape index (κ2) is 9.77. The summed E-state index contributed by atoms with van der Waals surface area (Å²) in [5.74, 6) is 1.23. The number of nitrogens with one attached hydrogen (secondary N) is 1. The average molecular weight is 478 g/mol. The number of piperazine rings is 1. The van der Waals surface area contributed by atoms with Gasteiger partial charge in [0.15, 0.2) is 5.82 Å². The topological polar surface area (TPSA) is 119 Å². The molecule has 1 aromatic carbocycles. The zero-order valence-corrected chi connectivity index (χ0v) is 19.5. The van der Waals surface area contributed by atoms with Gasteiger partial charge in [0.1, 0.15) is 5.82 Å². The molecule has 0 bridgehead atoms. The molecule has 9 nitrogen and oxygen atoms in total. The predicted octanol–water partition coefficient (Wildman–Crippen LogP) is 1.33. The molecule has 3 N–H and O–H groups in total. The molecule has 1 fully saturated rings.